The van der Waals surface area contributed by atoms with Crippen molar-refractivity contribution in [3.8, 4) is 5.69 Å². The first-order valence-electron chi connectivity index (χ1n) is 8.08. The van der Waals surface area contributed by atoms with E-state index in [1.807, 2.05) is 12.1 Å². The second-order valence-electron chi connectivity index (χ2n) is 5.58. The Kier molecular flexibility index (Phi) is 5.73. The van der Waals surface area contributed by atoms with Gasteiger partial charge in [0.15, 0.2) is 0 Å². The molecule has 3 aromatic rings. The summed E-state index contributed by atoms with van der Waals surface area (Å²) in [4.78, 5) is 23.6. The maximum absolute atomic E-state index is 12.2. The summed E-state index contributed by atoms with van der Waals surface area (Å²) >= 11 is 6.07. The fourth-order valence-corrected chi connectivity index (χ4v) is 2.62. The molecule has 0 saturated heterocycles. The van der Waals surface area contributed by atoms with Gasteiger partial charge in [-0.2, -0.15) is 5.10 Å². The number of amides is 1. The van der Waals surface area contributed by atoms with Gasteiger partial charge in [0.1, 0.15) is 0 Å². The number of aromatic nitrogens is 2. The number of hydrogen-bond acceptors (Lipinski definition) is 5. The third-order valence-corrected chi connectivity index (χ3v) is 3.97. The van der Waals surface area contributed by atoms with Crippen LogP contribution in [0.4, 0.5) is 11.4 Å². The Labute approximate surface area is 160 Å². The number of nitrogens with one attached hydrogen (secondary N) is 2. The molecule has 0 atom stereocenters. The van der Waals surface area contributed by atoms with Crippen LogP contribution in [0.15, 0.2) is 60.9 Å². The van der Waals surface area contributed by atoms with Gasteiger partial charge in [0.25, 0.3) is 0 Å². The molecule has 0 spiro atoms. The number of halogens is 1. The third-order valence-electron chi connectivity index (χ3n) is 3.74. The summed E-state index contributed by atoms with van der Waals surface area (Å²) in [6, 6.07) is 13.6. The van der Waals surface area contributed by atoms with Crippen molar-refractivity contribution in [2.24, 2.45) is 0 Å². The Morgan fingerprint density at radius 1 is 1.19 bits per heavy atom. The van der Waals surface area contributed by atoms with Crippen LogP contribution in [0.1, 0.15) is 10.4 Å². The molecular formula is C19H17ClN4O3. The van der Waals surface area contributed by atoms with Gasteiger partial charge < -0.3 is 15.4 Å². The second kappa shape index (κ2) is 8.37. The van der Waals surface area contributed by atoms with Gasteiger partial charge in [-0.25, -0.2) is 9.48 Å². The molecule has 8 heteroatoms. The van der Waals surface area contributed by atoms with Gasteiger partial charge in [0.2, 0.25) is 5.91 Å². The Morgan fingerprint density at radius 3 is 2.63 bits per heavy atom. The monoisotopic (exact) mass is 384 g/mol. The highest BCUT2D eigenvalue weighted by atomic mass is 35.5. The number of methoxy groups -OCH3 is 1. The molecule has 1 amide bonds. The first-order chi connectivity index (χ1) is 13.1. The average molecular weight is 385 g/mol. The molecule has 1 heterocycles. The van der Waals surface area contributed by atoms with E-state index < -0.39 is 5.97 Å². The van der Waals surface area contributed by atoms with Crippen LogP contribution in [0.3, 0.4) is 0 Å². The maximum atomic E-state index is 12.2. The summed E-state index contributed by atoms with van der Waals surface area (Å²) in [6.07, 6.45) is 3.47. The molecule has 0 aliphatic rings. The molecule has 0 aliphatic heterocycles. The van der Waals surface area contributed by atoms with Crippen LogP contribution >= 0.6 is 11.6 Å². The van der Waals surface area contributed by atoms with Crippen molar-refractivity contribution in [1.29, 1.82) is 0 Å². The number of anilines is 2. The van der Waals surface area contributed by atoms with Crippen LogP contribution in [0.25, 0.3) is 5.69 Å². The van der Waals surface area contributed by atoms with Gasteiger partial charge in [0, 0.05) is 23.1 Å². The van der Waals surface area contributed by atoms with Crippen molar-refractivity contribution in [1.82, 2.24) is 9.78 Å². The number of carbonyl (C=O) groups is 2. The summed E-state index contributed by atoms with van der Waals surface area (Å²) < 4.78 is 6.32. The van der Waals surface area contributed by atoms with E-state index in [0.717, 1.165) is 5.69 Å². The van der Waals surface area contributed by atoms with E-state index >= 15 is 0 Å². The van der Waals surface area contributed by atoms with E-state index in [1.54, 1.807) is 53.5 Å². The smallest absolute Gasteiger partial charge is 0.337 e. The molecule has 0 bridgehead atoms. The van der Waals surface area contributed by atoms with E-state index in [9.17, 15) is 9.59 Å². The normalized spacial score (nSPS) is 10.3. The van der Waals surface area contributed by atoms with Crippen molar-refractivity contribution in [2.75, 3.05) is 24.3 Å². The molecule has 7 nitrogen and oxygen atoms in total. The lowest BCUT2D eigenvalue weighted by Gasteiger charge is -2.13. The minimum atomic E-state index is -0.429. The number of nitrogens with zero attached hydrogens (tertiary/aromatic N) is 2. The van der Waals surface area contributed by atoms with E-state index in [-0.39, 0.29) is 12.5 Å². The Bertz CT molecular complexity index is 940. The van der Waals surface area contributed by atoms with E-state index in [2.05, 4.69) is 20.5 Å². The molecule has 0 aliphatic carbocycles. The number of rotatable bonds is 6. The van der Waals surface area contributed by atoms with Crippen LogP contribution in [-0.4, -0.2) is 35.3 Å². The number of benzene rings is 2. The fraction of sp³-hybridized carbons (Fsp3) is 0.105. The van der Waals surface area contributed by atoms with E-state index in [1.165, 1.54) is 7.11 Å². The van der Waals surface area contributed by atoms with Crippen LogP contribution in [0, 0.1) is 0 Å². The van der Waals surface area contributed by atoms with E-state index in [4.69, 9.17) is 11.6 Å². The maximum Gasteiger partial charge on any atom is 0.337 e. The number of hydrogen-bond donors (Lipinski definition) is 2. The van der Waals surface area contributed by atoms with Crippen LogP contribution in [0.2, 0.25) is 5.02 Å². The number of esters is 1. The van der Waals surface area contributed by atoms with Gasteiger partial charge in [0.05, 0.1) is 30.6 Å². The zero-order valence-corrected chi connectivity index (χ0v) is 15.2. The standard InChI is InChI=1S/C19H17ClN4O3/c1-27-19(26)13-3-6-15(7-4-13)23-18(25)12-21-16-11-14(20)5-8-17(16)24-10-2-9-22-24/h2-11,21H,12H2,1H3,(H,23,25). The van der Waals surface area contributed by atoms with Gasteiger partial charge in [-0.15, -0.1) is 0 Å². The summed E-state index contributed by atoms with van der Waals surface area (Å²) in [6.45, 7) is 0.0351. The molecule has 2 aromatic carbocycles. The number of carbonyl (C=O) groups excluding carboxylic acids is 2. The average Bonchev–Trinajstić information content (AvgIpc) is 3.21. The molecule has 27 heavy (non-hydrogen) atoms. The van der Waals surface area contributed by atoms with Crippen LogP contribution in [-0.2, 0) is 9.53 Å². The minimum Gasteiger partial charge on any atom is -0.465 e. The first kappa shape index (κ1) is 18.5. The molecule has 0 radical (unpaired) electrons. The van der Waals surface area contributed by atoms with Crippen molar-refractivity contribution >= 4 is 34.9 Å². The minimum absolute atomic E-state index is 0.0351. The highest BCUT2D eigenvalue weighted by molar-refractivity contribution is 6.31. The predicted molar refractivity (Wildman–Crippen MR) is 103 cm³/mol. The van der Waals surface area contributed by atoms with Crippen molar-refractivity contribution < 1.29 is 14.3 Å². The lowest BCUT2D eigenvalue weighted by Crippen LogP contribution is -2.22. The summed E-state index contributed by atoms with van der Waals surface area (Å²) in [5.74, 6) is -0.672. The quantitative estimate of drug-likeness (QED) is 0.636. The molecule has 0 saturated carbocycles. The van der Waals surface area contributed by atoms with Crippen molar-refractivity contribution in [3.05, 3.63) is 71.5 Å². The molecule has 2 N–H and O–H groups in total. The van der Waals surface area contributed by atoms with E-state index in [0.29, 0.717) is 22.0 Å². The zero-order chi connectivity index (χ0) is 19.2. The predicted octanol–water partition coefficient (Wildman–Crippen LogP) is 3.36. The Hall–Kier alpha value is -3.32. The summed E-state index contributed by atoms with van der Waals surface area (Å²) in [7, 11) is 1.32. The lowest BCUT2D eigenvalue weighted by molar-refractivity contribution is -0.114. The van der Waals surface area contributed by atoms with Crippen molar-refractivity contribution in [2.45, 2.75) is 0 Å². The van der Waals surface area contributed by atoms with Crippen molar-refractivity contribution in [3.63, 3.8) is 0 Å². The second-order valence-corrected chi connectivity index (χ2v) is 6.02. The SMILES string of the molecule is COC(=O)c1ccc(NC(=O)CNc2cc(Cl)ccc2-n2cccn2)cc1. The third kappa shape index (κ3) is 4.65. The fourth-order valence-electron chi connectivity index (χ4n) is 2.45. The molecule has 3 rings (SSSR count). The van der Waals surface area contributed by atoms with Gasteiger partial charge >= 0.3 is 5.97 Å². The summed E-state index contributed by atoms with van der Waals surface area (Å²) in [5.41, 5.74) is 2.45. The molecular weight excluding hydrogens is 368 g/mol. The molecule has 1 aromatic heterocycles. The largest absolute Gasteiger partial charge is 0.465 e. The zero-order valence-electron chi connectivity index (χ0n) is 14.5. The first-order valence-corrected chi connectivity index (χ1v) is 8.46. The Balaban J connectivity index is 1.64. The van der Waals surface area contributed by atoms with Gasteiger partial charge in [-0.1, -0.05) is 11.6 Å². The Morgan fingerprint density at radius 2 is 1.96 bits per heavy atom. The highest BCUT2D eigenvalue weighted by Crippen LogP contribution is 2.24. The summed E-state index contributed by atoms with van der Waals surface area (Å²) in [5, 5.41) is 10.6. The topological polar surface area (TPSA) is 85.2 Å². The van der Waals surface area contributed by atoms with Gasteiger partial charge in [-0.3, -0.25) is 4.79 Å². The highest BCUT2D eigenvalue weighted by Gasteiger charge is 2.09. The van der Waals surface area contributed by atoms with Crippen LogP contribution < -0.4 is 10.6 Å². The van der Waals surface area contributed by atoms with Gasteiger partial charge in [-0.05, 0) is 48.5 Å². The number of ether oxygens (including phenoxy) is 1. The van der Waals surface area contributed by atoms with Crippen LogP contribution in [0.5, 0.6) is 0 Å². The molecule has 0 unspecified atom stereocenters. The molecule has 138 valence electrons. The molecule has 0 fully saturated rings. The lowest BCUT2D eigenvalue weighted by atomic mass is 10.2.